The van der Waals surface area contributed by atoms with Crippen LogP contribution < -0.4 is 14.8 Å². The molecular weight excluding hydrogens is 374 g/mol. The number of esters is 1. The first kappa shape index (κ1) is 20.5. The van der Waals surface area contributed by atoms with Crippen molar-refractivity contribution in [2.24, 2.45) is 5.92 Å². The molecule has 1 heterocycles. The molecule has 0 aliphatic carbocycles. The lowest BCUT2D eigenvalue weighted by Gasteiger charge is -2.25. The Morgan fingerprint density at radius 3 is 2.55 bits per heavy atom. The molecule has 1 amide bonds. The van der Waals surface area contributed by atoms with Gasteiger partial charge >= 0.3 is 5.97 Å². The minimum atomic E-state index is -0.748. The Morgan fingerprint density at radius 2 is 1.83 bits per heavy atom. The third kappa shape index (κ3) is 4.99. The van der Waals surface area contributed by atoms with Crippen molar-refractivity contribution in [3.63, 3.8) is 0 Å². The lowest BCUT2D eigenvalue weighted by atomic mass is 9.95. The van der Waals surface area contributed by atoms with E-state index in [0.29, 0.717) is 24.7 Å². The fourth-order valence-electron chi connectivity index (χ4n) is 3.13. The first-order chi connectivity index (χ1) is 13.8. The Bertz CT molecular complexity index is 908. The Hall–Kier alpha value is -3.22. The molecule has 2 N–H and O–H groups in total. The third-order valence-corrected chi connectivity index (χ3v) is 4.61. The summed E-state index contributed by atoms with van der Waals surface area (Å²) in [4.78, 5) is 24.6. The average molecular weight is 399 g/mol. The number of rotatable bonds is 6. The maximum absolute atomic E-state index is 12.4. The number of carbonyl (C=O) groups excluding carboxylic acids is 2. The second kappa shape index (κ2) is 8.86. The van der Waals surface area contributed by atoms with Gasteiger partial charge in [-0.3, -0.25) is 4.79 Å². The number of aromatic hydroxyl groups is 1. The summed E-state index contributed by atoms with van der Waals surface area (Å²) < 4.78 is 16.2. The number of fused-ring (bicyclic) bond motifs is 1. The summed E-state index contributed by atoms with van der Waals surface area (Å²) in [6.45, 7) is 6.32. The van der Waals surface area contributed by atoms with E-state index >= 15 is 0 Å². The monoisotopic (exact) mass is 399 g/mol. The molecule has 3 rings (SSSR count). The SMILES string of the molecule is Cc1ccc(O)c(C(=O)OCC(=O)N[C@@H](c2ccc3c(c2)OCCO3)C(C)C)c1. The molecule has 29 heavy (non-hydrogen) atoms. The van der Waals surface area contributed by atoms with Crippen LogP contribution in [-0.4, -0.2) is 36.8 Å². The fourth-order valence-corrected chi connectivity index (χ4v) is 3.13. The maximum atomic E-state index is 12.4. The van der Waals surface area contributed by atoms with Crippen LogP contribution in [0, 0.1) is 12.8 Å². The zero-order valence-corrected chi connectivity index (χ0v) is 16.7. The molecule has 2 aromatic rings. The number of aryl methyl sites for hydroxylation is 1. The van der Waals surface area contributed by atoms with Gasteiger partial charge in [0, 0.05) is 0 Å². The summed E-state index contributed by atoms with van der Waals surface area (Å²) in [5.74, 6) is 0.0620. The van der Waals surface area contributed by atoms with E-state index in [-0.39, 0.29) is 23.3 Å². The topological polar surface area (TPSA) is 94.1 Å². The number of hydrogen-bond donors (Lipinski definition) is 2. The Morgan fingerprint density at radius 1 is 1.10 bits per heavy atom. The van der Waals surface area contributed by atoms with E-state index in [4.69, 9.17) is 14.2 Å². The summed E-state index contributed by atoms with van der Waals surface area (Å²) in [7, 11) is 0. The normalized spacial score (nSPS) is 13.7. The maximum Gasteiger partial charge on any atom is 0.342 e. The van der Waals surface area contributed by atoms with Crippen molar-refractivity contribution >= 4 is 11.9 Å². The summed E-state index contributed by atoms with van der Waals surface area (Å²) in [6.07, 6.45) is 0. The molecule has 0 radical (unpaired) electrons. The van der Waals surface area contributed by atoms with Gasteiger partial charge in [-0.25, -0.2) is 4.79 Å². The summed E-state index contributed by atoms with van der Waals surface area (Å²) in [5.41, 5.74) is 1.71. The molecule has 7 nitrogen and oxygen atoms in total. The van der Waals surface area contributed by atoms with Crippen molar-refractivity contribution in [1.29, 1.82) is 0 Å². The summed E-state index contributed by atoms with van der Waals surface area (Å²) in [5, 5.41) is 12.7. The van der Waals surface area contributed by atoms with E-state index in [1.54, 1.807) is 13.0 Å². The lowest BCUT2D eigenvalue weighted by Crippen LogP contribution is -2.35. The van der Waals surface area contributed by atoms with Crippen LogP contribution in [0.15, 0.2) is 36.4 Å². The van der Waals surface area contributed by atoms with Crippen LogP contribution in [-0.2, 0) is 9.53 Å². The molecule has 0 spiro atoms. The second-order valence-electron chi connectivity index (χ2n) is 7.29. The predicted octanol–water partition coefficient (Wildman–Crippen LogP) is 3.14. The third-order valence-electron chi connectivity index (χ3n) is 4.61. The van der Waals surface area contributed by atoms with Crippen molar-refractivity contribution in [2.75, 3.05) is 19.8 Å². The average Bonchev–Trinajstić information content (AvgIpc) is 2.71. The molecule has 0 aromatic heterocycles. The van der Waals surface area contributed by atoms with Gasteiger partial charge in [-0.15, -0.1) is 0 Å². The number of hydrogen-bond acceptors (Lipinski definition) is 6. The van der Waals surface area contributed by atoms with E-state index < -0.39 is 18.5 Å². The number of carbonyl (C=O) groups is 2. The van der Waals surface area contributed by atoms with Crippen molar-refractivity contribution in [3.8, 4) is 17.2 Å². The van der Waals surface area contributed by atoms with Gasteiger partial charge in [0.2, 0.25) is 0 Å². The highest BCUT2D eigenvalue weighted by molar-refractivity contribution is 5.94. The van der Waals surface area contributed by atoms with Crippen molar-refractivity contribution in [3.05, 3.63) is 53.1 Å². The molecule has 0 unspecified atom stereocenters. The van der Waals surface area contributed by atoms with Gasteiger partial charge in [-0.05, 0) is 42.7 Å². The van der Waals surface area contributed by atoms with Crippen molar-refractivity contribution in [2.45, 2.75) is 26.8 Å². The van der Waals surface area contributed by atoms with Crippen LogP contribution in [0.4, 0.5) is 0 Å². The van der Waals surface area contributed by atoms with Gasteiger partial charge in [0.15, 0.2) is 18.1 Å². The summed E-state index contributed by atoms with van der Waals surface area (Å²) in [6, 6.07) is 9.89. The number of amides is 1. The van der Waals surface area contributed by atoms with Crippen LogP contribution in [0.2, 0.25) is 0 Å². The van der Waals surface area contributed by atoms with E-state index in [1.807, 2.05) is 32.0 Å². The zero-order chi connectivity index (χ0) is 21.0. The van der Waals surface area contributed by atoms with Gasteiger partial charge in [-0.2, -0.15) is 0 Å². The van der Waals surface area contributed by atoms with Gasteiger partial charge < -0.3 is 24.6 Å². The fraction of sp³-hybridized carbons (Fsp3) is 0.364. The molecule has 154 valence electrons. The van der Waals surface area contributed by atoms with Crippen LogP contribution in [0.25, 0.3) is 0 Å². The molecule has 0 fully saturated rings. The molecule has 2 aromatic carbocycles. The minimum Gasteiger partial charge on any atom is -0.507 e. The Labute approximate surface area is 169 Å². The van der Waals surface area contributed by atoms with E-state index in [1.165, 1.54) is 12.1 Å². The predicted molar refractivity (Wildman–Crippen MR) is 106 cm³/mol. The quantitative estimate of drug-likeness (QED) is 0.725. The first-order valence-corrected chi connectivity index (χ1v) is 9.51. The molecule has 0 saturated carbocycles. The Balaban J connectivity index is 1.64. The highest BCUT2D eigenvalue weighted by Gasteiger charge is 2.22. The van der Waals surface area contributed by atoms with Crippen LogP contribution in [0.1, 0.15) is 41.4 Å². The number of phenols is 1. The molecule has 1 atom stereocenters. The van der Waals surface area contributed by atoms with E-state index in [2.05, 4.69) is 5.32 Å². The van der Waals surface area contributed by atoms with Gasteiger partial charge in [0.1, 0.15) is 24.5 Å². The van der Waals surface area contributed by atoms with Crippen LogP contribution in [0.5, 0.6) is 17.2 Å². The van der Waals surface area contributed by atoms with Crippen molar-refractivity contribution in [1.82, 2.24) is 5.32 Å². The van der Waals surface area contributed by atoms with Crippen LogP contribution >= 0.6 is 0 Å². The smallest absolute Gasteiger partial charge is 0.342 e. The number of ether oxygens (including phenoxy) is 3. The lowest BCUT2D eigenvalue weighted by molar-refractivity contribution is -0.125. The summed E-state index contributed by atoms with van der Waals surface area (Å²) >= 11 is 0. The molecule has 1 aliphatic heterocycles. The highest BCUT2D eigenvalue weighted by atomic mass is 16.6. The first-order valence-electron chi connectivity index (χ1n) is 9.51. The van der Waals surface area contributed by atoms with E-state index in [0.717, 1.165) is 11.1 Å². The van der Waals surface area contributed by atoms with E-state index in [9.17, 15) is 14.7 Å². The molecule has 7 heteroatoms. The zero-order valence-electron chi connectivity index (χ0n) is 16.7. The highest BCUT2D eigenvalue weighted by Crippen LogP contribution is 2.34. The molecular formula is C22H25NO6. The molecule has 0 saturated heterocycles. The van der Waals surface area contributed by atoms with Gasteiger partial charge in [-0.1, -0.05) is 31.5 Å². The molecule has 0 bridgehead atoms. The molecule has 1 aliphatic rings. The number of phenolic OH excluding ortho intramolecular Hbond substituents is 1. The largest absolute Gasteiger partial charge is 0.507 e. The number of benzene rings is 2. The second-order valence-corrected chi connectivity index (χ2v) is 7.29. The number of nitrogens with one attached hydrogen (secondary N) is 1. The minimum absolute atomic E-state index is 0.0324. The van der Waals surface area contributed by atoms with Gasteiger partial charge in [0.25, 0.3) is 5.91 Å². The van der Waals surface area contributed by atoms with Crippen LogP contribution in [0.3, 0.4) is 0 Å². The van der Waals surface area contributed by atoms with Gasteiger partial charge in [0.05, 0.1) is 6.04 Å². The Kier molecular flexibility index (Phi) is 6.26. The standard InChI is InChI=1S/C22H25NO6/c1-13(2)21(15-5-7-18-19(11-15)28-9-8-27-18)23-20(25)12-29-22(26)16-10-14(3)4-6-17(16)24/h4-7,10-11,13,21,24H,8-9,12H2,1-3H3,(H,23,25)/t21-/m1/s1. The van der Waals surface area contributed by atoms with Crippen molar-refractivity contribution < 1.29 is 28.9 Å².